The molecule has 0 fully saturated rings. The minimum Gasteiger partial charge on any atom is -0.390 e. The Bertz CT molecular complexity index is 304. The van der Waals surface area contributed by atoms with Crippen LogP contribution in [0.3, 0.4) is 0 Å². The molecule has 0 aliphatic heterocycles. The molecule has 0 amide bonds. The number of nitrogens with two attached hydrogens (primary N) is 1. The zero-order valence-corrected chi connectivity index (χ0v) is 9.71. The monoisotopic (exact) mass is 258 g/mol. The maximum absolute atomic E-state index is 9.24. The van der Waals surface area contributed by atoms with Gasteiger partial charge in [0.2, 0.25) is 0 Å². The molecule has 1 aromatic carbocycles. The Morgan fingerprint density at radius 3 is 2.86 bits per heavy atom. The highest BCUT2D eigenvalue weighted by molar-refractivity contribution is 9.10. The topological polar surface area (TPSA) is 58.3 Å². The average molecular weight is 259 g/mol. The van der Waals surface area contributed by atoms with Gasteiger partial charge in [0.25, 0.3) is 0 Å². The van der Waals surface area contributed by atoms with E-state index in [9.17, 15) is 5.11 Å². The predicted octanol–water partition coefficient (Wildman–Crippen LogP) is 1.49. The quantitative estimate of drug-likeness (QED) is 0.767. The summed E-state index contributed by atoms with van der Waals surface area (Å²) in [5.41, 5.74) is 7.46. The van der Waals surface area contributed by atoms with Crippen LogP contribution in [0.2, 0.25) is 0 Å². The largest absolute Gasteiger partial charge is 0.390 e. The standard InChI is InChI=1S/C10H15BrN2O/c1-7-2-3-8(4-10(7)11)13-6-9(14)5-12/h2-4,9,13-14H,5-6,12H2,1H3. The van der Waals surface area contributed by atoms with E-state index in [-0.39, 0.29) is 6.54 Å². The summed E-state index contributed by atoms with van der Waals surface area (Å²) in [7, 11) is 0. The fraction of sp³-hybridized carbons (Fsp3) is 0.400. The molecule has 1 unspecified atom stereocenters. The van der Waals surface area contributed by atoms with Crippen molar-refractivity contribution < 1.29 is 5.11 Å². The summed E-state index contributed by atoms with van der Waals surface area (Å²) in [6, 6.07) is 5.98. The molecule has 0 saturated heterocycles. The van der Waals surface area contributed by atoms with Gasteiger partial charge < -0.3 is 16.2 Å². The molecule has 0 radical (unpaired) electrons. The Hall–Kier alpha value is -0.580. The molecule has 0 aliphatic carbocycles. The number of halogens is 1. The Kier molecular flexibility index (Phi) is 4.38. The second-order valence-corrected chi connectivity index (χ2v) is 4.09. The number of hydrogen-bond donors (Lipinski definition) is 3. The molecule has 3 nitrogen and oxygen atoms in total. The number of benzene rings is 1. The van der Waals surface area contributed by atoms with Crippen molar-refractivity contribution in [2.75, 3.05) is 18.4 Å². The van der Waals surface area contributed by atoms with Crippen LogP contribution in [0.1, 0.15) is 5.56 Å². The molecule has 0 heterocycles. The number of aryl methyl sites for hydroxylation is 1. The highest BCUT2D eigenvalue weighted by atomic mass is 79.9. The highest BCUT2D eigenvalue weighted by Crippen LogP contribution is 2.20. The van der Waals surface area contributed by atoms with Crippen LogP contribution < -0.4 is 11.1 Å². The van der Waals surface area contributed by atoms with Crippen molar-refractivity contribution in [2.45, 2.75) is 13.0 Å². The average Bonchev–Trinajstić information content (AvgIpc) is 2.19. The summed E-state index contributed by atoms with van der Waals surface area (Å²) in [6.07, 6.45) is -0.491. The molecular weight excluding hydrogens is 244 g/mol. The number of rotatable bonds is 4. The second kappa shape index (κ2) is 5.34. The molecule has 0 bridgehead atoms. The van der Waals surface area contributed by atoms with Gasteiger partial charge in [0.1, 0.15) is 0 Å². The van der Waals surface area contributed by atoms with E-state index in [1.807, 2.05) is 25.1 Å². The number of anilines is 1. The van der Waals surface area contributed by atoms with Gasteiger partial charge in [-0.15, -0.1) is 0 Å². The van der Waals surface area contributed by atoms with Gasteiger partial charge in [0.15, 0.2) is 0 Å². The van der Waals surface area contributed by atoms with E-state index in [1.54, 1.807) is 0 Å². The van der Waals surface area contributed by atoms with E-state index in [2.05, 4.69) is 21.2 Å². The molecule has 1 atom stereocenters. The van der Waals surface area contributed by atoms with Gasteiger partial charge in [-0.3, -0.25) is 0 Å². The molecular formula is C10H15BrN2O. The highest BCUT2D eigenvalue weighted by Gasteiger charge is 2.01. The molecule has 4 heteroatoms. The summed E-state index contributed by atoms with van der Waals surface area (Å²) < 4.78 is 1.06. The van der Waals surface area contributed by atoms with Crippen molar-refractivity contribution in [3.8, 4) is 0 Å². The minimum absolute atomic E-state index is 0.278. The lowest BCUT2D eigenvalue weighted by Gasteiger charge is -2.11. The number of nitrogens with one attached hydrogen (secondary N) is 1. The predicted molar refractivity (Wildman–Crippen MR) is 62.4 cm³/mol. The zero-order chi connectivity index (χ0) is 10.6. The molecule has 0 spiro atoms. The summed E-state index contributed by atoms with van der Waals surface area (Å²) in [5.74, 6) is 0. The molecule has 14 heavy (non-hydrogen) atoms. The van der Waals surface area contributed by atoms with E-state index in [0.29, 0.717) is 6.54 Å². The molecule has 0 aromatic heterocycles. The van der Waals surface area contributed by atoms with E-state index in [4.69, 9.17) is 5.73 Å². The van der Waals surface area contributed by atoms with Crippen molar-refractivity contribution in [1.29, 1.82) is 0 Å². The number of hydrogen-bond acceptors (Lipinski definition) is 3. The van der Waals surface area contributed by atoms with E-state index >= 15 is 0 Å². The lowest BCUT2D eigenvalue weighted by atomic mass is 10.2. The molecule has 1 rings (SSSR count). The molecule has 78 valence electrons. The van der Waals surface area contributed by atoms with Crippen molar-refractivity contribution >= 4 is 21.6 Å². The van der Waals surface area contributed by atoms with Crippen molar-refractivity contribution in [3.05, 3.63) is 28.2 Å². The van der Waals surface area contributed by atoms with Crippen LogP contribution in [-0.4, -0.2) is 24.3 Å². The third-order valence-electron chi connectivity index (χ3n) is 1.99. The van der Waals surface area contributed by atoms with Gasteiger partial charge in [-0.2, -0.15) is 0 Å². The van der Waals surface area contributed by atoms with Crippen molar-refractivity contribution in [3.63, 3.8) is 0 Å². The van der Waals surface area contributed by atoms with Gasteiger partial charge >= 0.3 is 0 Å². The van der Waals surface area contributed by atoms with Crippen molar-refractivity contribution in [2.24, 2.45) is 5.73 Å². The molecule has 4 N–H and O–H groups in total. The summed E-state index contributed by atoms with van der Waals surface area (Å²) >= 11 is 3.44. The summed E-state index contributed by atoms with van der Waals surface area (Å²) in [6.45, 7) is 2.79. The first-order valence-electron chi connectivity index (χ1n) is 4.51. The minimum atomic E-state index is -0.491. The second-order valence-electron chi connectivity index (χ2n) is 3.23. The molecule has 0 aliphatic rings. The summed E-state index contributed by atoms with van der Waals surface area (Å²) in [5, 5.41) is 12.3. The normalized spacial score (nSPS) is 12.6. The third-order valence-corrected chi connectivity index (χ3v) is 2.84. The van der Waals surface area contributed by atoms with Gasteiger partial charge in [-0.25, -0.2) is 0 Å². The lowest BCUT2D eigenvalue weighted by Crippen LogP contribution is -2.27. The van der Waals surface area contributed by atoms with E-state index in [1.165, 1.54) is 5.56 Å². The maximum atomic E-state index is 9.24. The van der Waals surface area contributed by atoms with E-state index < -0.39 is 6.10 Å². The van der Waals surface area contributed by atoms with Crippen LogP contribution in [0, 0.1) is 6.92 Å². The molecule has 1 aromatic rings. The molecule has 0 saturated carbocycles. The van der Waals surface area contributed by atoms with Crippen LogP contribution in [-0.2, 0) is 0 Å². The van der Waals surface area contributed by atoms with Gasteiger partial charge in [-0.1, -0.05) is 22.0 Å². The van der Waals surface area contributed by atoms with Gasteiger partial charge in [0.05, 0.1) is 6.10 Å². The first-order valence-corrected chi connectivity index (χ1v) is 5.31. The maximum Gasteiger partial charge on any atom is 0.0834 e. The van der Waals surface area contributed by atoms with Crippen LogP contribution >= 0.6 is 15.9 Å². The zero-order valence-electron chi connectivity index (χ0n) is 8.13. The Morgan fingerprint density at radius 1 is 1.57 bits per heavy atom. The fourth-order valence-electron chi connectivity index (χ4n) is 1.02. The number of aliphatic hydroxyl groups is 1. The Morgan fingerprint density at radius 2 is 2.29 bits per heavy atom. The van der Waals surface area contributed by atoms with Crippen LogP contribution in [0.15, 0.2) is 22.7 Å². The van der Waals surface area contributed by atoms with E-state index in [0.717, 1.165) is 10.2 Å². The van der Waals surface area contributed by atoms with Gasteiger partial charge in [0, 0.05) is 23.2 Å². The van der Waals surface area contributed by atoms with Crippen molar-refractivity contribution in [1.82, 2.24) is 0 Å². The van der Waals surface area contributed by atoms with Crippen LogP contribution in [0.4, 0.5) is 5.69 Å². The lowest BCUT2D eigenvalue weighted by molar-refractivity contribution is 0.196. The Balaban J connectivity index is 2.55. The van der Waals surface area contributed by atoms with Crippen LogP contribution in [0.5, 0.6) is 0 Å². The Labute approximate surface area is 92.4 Å². The van der Waals surface area contributed by atoms with Gasteiger partial charge in [-0.05, 0) is 24.6 Å². The first kappa shape index (κ1) is 11.5. The smallest absolute Gasteiger partial charge is 0.0834 e. The first-order chi connectivity index (χ1) is 6.63. The third kappa shape index (κ3) is 3.29. The van der Waals surface area contributed by atoms with Crippen LogP contribution in [0.25, 0.3) is 0 Å². The summed E-state index contributed by atoms with van der Waals surface area (Å²) in [4.78, 5) is 0. The SMILES string of the molecule is Cc1ccc(NCC(O)CN)cc1Br. The number of aliphatic hydroxyl groups excluding tert-OH is 1. The fourth-order valence-corrected chi connectivity index (χ4v) is 1.40.